The van der Waals surface area contributed by atoms with Gasteiger partial charge in [-0.25, -0.2) is 0 Å². The monoisotopic (exact) mass is 279 g/mol. The third-order valence-corrected chi connectivity index (χ3v) is 3.68. The van der Waals surface area contributed by atoms with Crippen LogP contribution in [-0.2, 0) is 5.75 Å². The summed E-state index contributed by atoms with van der Waals surface area (Å²) in [5.74, 6) is 0.698. The Hall–Kier alpha value is -1.52. The van der Waals surface area contributed by atoms with E-state index in [9.17, 15) is 10.1 Å². The summed E-state index contributed by atoms with van der Waals surface area (Å²) in [5.41, 5.74) is 1.06. The molecule has 5 heteroatoms. The summed E-state index contributed by atoms with van der Waals surface area (Å²) in [5, 5.41) is 11.4. The number of hydrogen-bond acceptors (Lipinski definition) is 3. The minimum absolute atomic E-state index is 0.129. The van der Waals surface area contributed by atoms with Crippen molar-refractivity contribution in [2.75, 3.05) is 0 Å². The van der Waals surface area contributed by atoms with Crippen LogP contribution in [-0.4, -0.2) is 4.92 Å². The number of nitro benzene ring substituents is 1. The normalized spacial score (nSPS) is 10.3. The molecule has 3 nitrogen and oxygen atoms in total. The molecule has 0 aliphatic rings. The van der Waals surface area contributed by atoms with Crippen LogP contribution >= 0.6 is 23.4 Å². The first-order valence-corrected chi connectivity index (χ1v) is 6.63. The summed E-state index contributed by atoms with van der Waals surface area (Å²) in [6, 6.07) is 14.2. The Kier molecular flexibility index (Phi) is 4.23. The predicted octanol–water partition coefficient (Wildman–Crippen LogP) is 4.54. The van der Waals surface area contributed by atoms with Crippen LogP contribution in [0.25, 0.3) is 0 Å². The van der Waals surface area contributed by atoms with Crippen LogP contribution in [0, 0.1) is 10.1 Å². The second kappa shape index (κ2) is 5.89. The summed E-state index contributed by atoms with van der Waals surface area (Å²) < 4.78 is 0. The molecule has 0 N–H and O–H groups in total. The van der Waals surface area contributed by atoms with E-state index in [1.165, 1.54) is 6.07 Å². The number of thioether (sulfide) groups is 1. The second-order valence-electron chi connectivity index (χ2n) is 3.67. The van der Waals surface area contributed by atoms with Crippen LogP contribution in [0.2, 0.25) is 5.02 Å². The van der Waals surface area contributed by atoms with Gasteiger partial charge < -0.3 is 0 Å². The topological polar surface area (TPSA) is 43.1 Å². The van der Waals surface area contributed by atoms with E-state index < -0.39 is 0 Å². The molecule has 0 spiro atoms. The second-order valence-corrected chi connectivity index (χ2v) is 5.15. The molecule has 2 aromatic carbocycles. The van der Waals surface area contributed by atoms with Crippen LogP contribution in [0.15, 0.2) is 53.4 Å². The number of benzene rings is 2. The quantitative estimate of drug-likeness (QED) is 0.469. The molecular weight excluding hydrogens is 270 g/mol. The van der Waals surface area contributed by atoms with Crippen molar-refractivity contribution in [1.29, 1.82) is 0 Å². The zero-order valence-electron chi connectivity index (χ0n) is 9.38. The molecule has 2 rings (SSSR count). The van der Waals surface area contributed by atoms with Crippen LogP contribution in [0.1, 0.15) is 5.56 Å². The van der Waals surface area contributed by atoms with Crippen molar-refractivity contribution in [1.82, 2.24) is 0 Å². The molecule has 0 radical (unpaired) electrons. The van der Waals surface area contributed by atoms with Crippen molar-refractivity contribution in [3.8, 4) is 0 Å². The van der Waals surface area contributed by atoms with Gasteiger partial charge >= 0.3 is 0 Å². The molecule has 0 aliphatic carbocycles. The van der Waals surface area contributed by atoms with E-state index in [2.05, 4.69) is 0 Å². The number of hydrogen-bond donors (Lipinski definition) is 0. The van der Waals surface area contributed by atoms with Gasteiger partial charge in [-0.1, -0.05) is 23.7 Å². The molecule has 0 heterocycles. The fraction of sp³-hybridized carbons (Fsp3) is 0.0769. The average molecular weight is 280 g/mol. The maximum atomic E-state index is 10.6. The van der Waals surface area contributed by atoms with Crippen molar-refractivity contribution >= 4 is 29.1 Å². The lowest BCUT2D eigenvalue weighted by Gasteiger charge is -2.02. The van der Waals surface area contributed by atoms with Crippen LogP contribution in [0.5, 0.6) is 0 Å². The first-order valence-electron chi connectivity index (χ1n) is 5.27. The summed E-state index contributed by atoms with van der Waals surface area (Å²) in [7, 11) is 0. The predicted molar refractivity (Wildman–Crippen MR) is 74.1 cm³/mol. The highest BCUT2D eigenvalue weighted by atomic mass is 35.5. The van der Waals surface area contributed by atoms with Crippen molar-refractivity contribution in [3.05, 3.63) is 69.2 Å². The number of halogens is 1. The zero-order chi connectivity index (χ0) is 13.0. The molecule has 0 bridgehead atoms. The first-order chi connectivity index (χ1) is 8.65. The lowest BCUT2D eigenvalue weighted by Crippen LogP contribution is -1.89. The largest absolute Gasteiger partial charge is 0.269 e. The lowest BCUT2D eigenvalue weighted by atomic mass is 10.2. The van der Waals surface area contributed by atoms with E-state index in [4.69, 9.17) is 11.6 Å². The molecule has 0 aliphatic heterocycles. The first kappa shape index (κ1) is 12.9. The van der Waals surface area contributed by atoms with Gasteiger partial charge in [0.25, 0.3) is 5.69 Å². The zero-order valence-corrected chi connectivity index (χ0v) is 10.9. The molecule has 0 saturated carbocycles. The molecular formula is C13H10ClNO2S. The van der Waals surface area contributed by atoms with Crippen molar-refractivity contribution in [2.24, 2.45) is 0 Å². The Bertz CT molecular complexity index is 557. The van der Waals surface area contributed by atoms with Crippen molar-refractivity contribution in [3.63, 3.8) is 0 Å². The summed E-state index contributed by atoms with van der Waals surface area (Å²) >= 11 is 7.42. The Balaban J connectivity index is 2.04. The van der Waals surface area contributed by atoms with E-state index in [-0.39, 0.29) is 10.6 Å². The van der Waals surface area contributed by atoms with E-state index in [1.54, 1.807) is 23.9 Å². The smallest absolute Gasteiger partial charge is 0.258 e. The lowest BCUT2D eigenvalue weighted by molar-refractivity contribution is -0.384. The molecule has 2 aromatic rings. The van der Waals surface area contributed by atoms with Gasteiger partial charge in [-0.2, -0.15) is 0 Å². The minimum atomic E-state index is -0.379. The molecule has 0 saturated heterocycles. The SMILES string of the molecule is O=[N+]([O-])c1cccc(CSc2ccc(Cl)cc2)c1. The number of nitro groups is 1. The van der Waals surface area contributed by atoms with Crippen molar-refractivity contribution < 1.29 is 4.92 Å². The van der Waals surface area contributed by atoms with E-state index >= 15 is 0 Å². The maximum absolute atomic E-state index is 10.6. The Morgan fingerprint density at radius 2 is 1.89 bits per heavy atom. The molecule has 0 aromatic heterocycles. The van der Waals surface area contributed by atoms with Gasteiger partial charge in [-0.05, 0) is 29.8 Å². The Labute approximate surface area is 114 Å². The highest BCUT2D eigenvalue weighted by molar-refractivity contribution is 7.98. The van der Waals surface area contributed by atoms with E-state index in [0.717, 1.165) is 10.5 Å². The minimum Gasteiger partial charge on any atom is -0.258 e. The maximum Gasteiger partial charge on any atom is 0.269 e. The molecule has 92 valence electrons. The highest BCUT2D eigenvalue weighted by Crippen LogP contribution is 2.25. The third-order valence-electron chi connectivity index (χ3n) is 2.34. The fourth-order valence-electron chi connectivity index (χ4n) is 1.46. The molecule has 0 unspecified atom stereocenters. The van der Waals surface area contributed by atoms with Gasteiger partial charge in [0.2, 0.25) is 0 Å². The average Bonchev–Trinajstić information content (AvgIpc) is 2.38. The van der Waals surface area contributed by atoms with Crippen LogP contribution in [0.3, 0.4) is 0 Å². The van der Waals surface area contributed by atoms with Gasteiger partial charge in [0.1, 0.15) is 0 Å². The van der Waals surface area contributed by atoms with Gasteiger partial charge in [0.05, 0.1) is 4.92 Å². The number of non-ortho nitro benzene ring substituents is 1. The van der Waals surface area contributed by atoms with Crippen LogP contribution in [0.4, 0.5) is 5.69 Å². The van der Waals surface area contributed by atoms with Crippen LogP contribution < -0.4 is 0 Å². The summed E-state index contributed by atoms with van der Waals surface area (Å²) in [6.45, 7) is 0. The molecule has 0 fully saturated rings. The third kappa shape index (κ3) is 3.48. The molecule has 0 atom stereocenters. The van der Waals surface area contributed by atoms with Gasteiger partial charge in [-0.15, -0.1) is 11.8 Å². The fourth-order valence-corrected chi connectivity index (χ4v) is 2.42. The highest BCUT2D eigenvalue weighted by Gasteiger charge is 2.05. The van der Waals surface area contributed by atoms with E-state index in [1.807, 2.05) is 30.3 Å². The number of nitrogens with zero attached hydrogens (tertiary/aromatic N) is 1. The van der Waals surface area contributed by atoms with Crippen molar-refractivity contribution in [2.45, 2.75) is 10.6 Å². The summed E-state index contributed by atoms with van der Waals surface area (Å²) in [4.78, 5) is 11.4. The Morgan fingerprint density at radius 1 is 1.17 bits per heavy atom. The van der Waals surface area contributed by atoms with Gasteiger partial charge in [0, 0.05) is 27.8 Å². The Morgan fingerprint density at radius 3 is 2.56 bits per heavy atom. The molecule has 0 amide bonds. The summed E-state index contributed by atoms with van der Waals surface area (Å²) in [6.07, 6.45) is 0. The van der Waals surface area contributed by atoms with Gasteiger partial charge in [-0.3, -0.25) is 10.1 Å². The van der Waals surface area contributed by atoms with Gasteiger partial charge in [0.15, 0.2) is 0 Å². The van der Waals surface area contributed by atoms with E-state index in [0.29, 0.717) is 10.8 Å². The number of rotatable bonds is 4. The standard InChI is InChI=1S/C13H10ClNO2S/c14-11-4-6-13(7-5-11)18-9-10-2-1-3-12(8-10)15(16)17/h1-8H,9H2. The molecule has 18 heavy (non-hydrogen) atoms.